The van der Waals surface area contributed by atoms with Crippen molar-refractivity contribution in [1.82, 2.24) is 0 Å². The second-order valence-corrected chi connectivity index (χ2v) is 3.57. The van der Waals surface area contributed by atoms with Crippen LogP contribution < -0.4 is 0 Å². The molecule has 1 atom stereocenters. The van der Waals surface area contributed by atoms with Gasteiger partial charge in [-0.2, -0.15) is 0 Å². The Morgan fingerprint density at radius 3 is 1.83 bits per heavy atom. The van der Waals surface area contributed by atoms with Crippen molar-refractivity contribution in [2.45, 2.75) is 32.5 Å². The van der Waals surface area contributed by atoms with Crippen LogP contribution in [0.1, 0.15) is 43.6 Å². The summed E-state index contributed by atoms with van der Waals surface area (Å²) in [5, 5.41) is 0. The van der Waals surface area contributed by atoms with Gasteiger partial charge < -0.3 is 0 Å². The van der Waals surface area contributed by atoms with E-state index in [1.807, 2.05) is 13.0 Å². The zero-order valence-corrected chi connectivity index (χ0v) is 8.04. The van der Waals surface area contributed by atoms with Gasteiger partial charge in [-0.05, 0) is 11.5 Å². The standard InChI is InChI=1S/C11H15B/c1-8(2)10-6-4-5-7-11(10)9(3)12/h4-9H,1-3H3. The fourth-order valence-electron chi connectivity index (χ4n) is 1.45. The van der Waals surface area contributed by atoms with Crippen LogP contribution in [0.15, 0.2) is 24.3 Å². The molecule has 1 rings (SSSR count). The average molecular weight is 158 g/mol. The van der Waals surface area contributed by atoms with E-state index in [2.05, 4.69) is 32.0 Å². The van der Waals surface area contributed by atoms with E-state index in [0.717, 1.165) is 0 Å². The van der Waals surface area contributed by atoms with Gasteiger partial charge in [-0.3, -0.25) is 0 Å². The Labute approximate surface area is 76.4 Å². The summed E-state index contributed by atoms with van der Waals surface area (Å²) in [5.41, 5.74) is 2.64. The molecule has 0 amide bonds. The molecule has 1 unspecified atom stereocenters. The molecule has 2 radical (unpaired) electrons. The van der Waals surface area contributed by atoms with Crippen molar-refractivity contribution in [3.8, 4) is 0 Å². The Bertz CT molecular complexity index is 224. The van der Waals surface area contributed by atoms with E-state index in [1.54, 1.807) is 0 Å². The lowest BCUT2D eigenvalue weighted by molar-refractivity contribution is 0.839. The van der Waals surface area contributed by atoms with Crippen molar-refractivity contribution < 1.29 is 0 Å². The van der Waals surface area contributed by atoms with E-state index >= 15 is 0 Å². The highest BCUT2D eigenvalue weighted by Crippen LogP contribution is 2.23. The molecule has 1 heteroatoms. The van der Waals surface area contributed by atoms with Crippen molar-refractivity contribution >= 4 is 7.85 Å². The van der Waals surface area contributed by atoms with E-state index in [1.165, 1.54) is 11.1 Å². The largest absolute Gasteiger partial charge is 0.0759 e. The summed E-state index contributed by atoms with van der Waals surface area (Å²) in [6.45, 7) is 6.42. The number of hydrogen-bond donors (Lipinski definition) is 0. The highest BCUT2D eigenvalue weighted by Gasteiger charge is 2.07. The average Bonchev–Trinajstić information content (AvgIpc) is 2.04. The molecule has 0 N–H and O–H groups in total. The van der Waals surface area contributed by atoms with Crippen molar-refractivity contribution in [3.63, 3.8) is 0 Å². The Kier molecular flexibility index (Phi) is 2.96. The molecule has 0 heterocycles. The fourth-order valence-corrected chi connectivity index (χ4v) is 1.45. The maximum atomic E-state index is 5.85. The van der Waals surface area contributed by atoms with Gasteiger partial charge in [0.1, 0.15) is 0 Å². The van der Waals surface area contributed by atoms with E-state index in [9.17, 15) is 0 Å². The second kappa shape index (κ2) is 3.80. The highest BCUT2D eigenvalue weighted by atomic mass is 14.1. The van der Waals surface area contributed by atoms with Crippen molar-refractivity contribution in [2.24, 2.45) is 0 Å². The number of hydrogen-bond acceptors (Lipinski definition) is 0. The normalized spacial score (nSPS) is 13.3. The van der Waals surface area contributed by atoms with E-state index < -0.39 is 0 Å². The molecule has 0 aliphatic rings. The van der Waals surface area contributed by atoms with Gasteiger partial charge in [-0.15, -0.1) is 0 Å². The molecule has 0 fully saturated rings. The first-order valence-electron chi connectivity index (χ1n) is 4.47. The number of rotatable bonds is 2. The summed E-state index contributed by atoms with van der Waals surface area (Å²) in [6.07, 6.45) is 0. The van der Waals surface area contributed by atoms with E-state index in [-0.39, 0.29) is 5.82 Å². The maximum absolute atomic E-state index is 5.85. The molecular weight excluding hydrogens is 143 g/mol. The third kappa shape index (κ3) is 1.91. The molecule has 0 saturated carbocycles. The minimum absolute atomic E-state index is 0.142. The predicted molar refractivity (Wildman–Crippen MR) is 54.7 cm³/mol. The van der Waals surface area contributed by atoms with Gasteiger partial charge in [-0.1, -0.05) is 56.4 Å². The Morgan fingerprint density at radius 1 is 1.00 bits per heavy atom. The monoisotopic (exact) mass is 158 g/mol. The lowest BCUT2D eigenvalue weighted by atomic mass is 9.78. The summed E-state index contributed by atoms with van der Waals surface area (Å²) in [6, 6.07) is 8.38. The molecule has 0 aromatic heterocycles. The molecule has 1 aromatic rings. The topological polar surface area (TPSA) is 0 Å². The van der Waals surface area contributed by atoms with E-state index in [0.29, 0.717) is 5.92 Å². The molecule has 1 aromatic carbocycles. The van der Waals surface area contributed by atoms with Crippen LogP contribution in [0.5, 0.6) is 0 Å². The molecule has 62 valence electrons. The van der Waals surface area contributed by atoms with Crippen LogP contribution in [0.4, 0.5) is 0 Å². The number of benzene rings is 1. The SMILES string of the molecule is [B]C(C)c1ccccc1C(C)C. The highest BCUT2D eigenvalue weighted by molar-refractivity contribution is 6.12. The minimum Gasteiger partial charge on any atom is -0.0664 e. The first-order chi connectivity index (χ1) is 5.63. The van der Waals surface area contributed by atoms with Crippen molar-refractivity contribution in [2.75, 3.05) is 0 Å². The summed E-state index contributed by atoms with van der Waals surface area (Å²) < 4.78 is 0. The lowest BCUT2D eigenvalue weighted by Gasteiger charge is -2.15. The second-order valence-electron chi connectivity index (χ2n) is 3.57. The smallest absolute Gasteiger partial charge is 0.0664 e. The van der Waals surface area contributed by atoms with Crippen LogP contribution in [0.3, 0.4) is 0 Å². The van der Waals surface area contributed by atoms with Crippen LogP contribution in [0.2, 0.25) is 0 Å². The van der Waals surface area contributed by atoms with Gasteiger partial charge in [0, 0.05) is 0 Å². The first kappa shape index (κ1) is 9.37. The molecule has 12 heavy (non-hydrogen) atoms. The third-order valence-corrected chi connectivity index (χ3v) is 2.11. The summed E-state index contributed by atoms with van der Waals surface area (Å²) in [5.74, 6) is 0.704. The summed E-state index contributed by atoms with van der Waals surface area (Å²) in [7, 11) is 5.85. The zero-order valence-electron chi connectivity index (χ0n) is 8.04. The maximum Gasteiger partial charge on any atom is 0.0759 e. The predicted octanol–water partition coefficient (Wildman–Crippen LogP) is 3.04. The fraction of sp³-hybridized carbons (Fsp3) is 0.455. The molecule has 0 aliphatic carbocycles. The van der Waals surface area contributed by atoms with Crippen LogP contribution >= 0.6 is 0 Å². The first-order valence-corrected chi connectivity index (χ1v) is 4.47. The van der Waals surface area contributed by atoms with Gasteiger partial charge in [0.25, 0.3) is 0 Å². The van der Waals surface area contributed by atoms with Crippen LogP contribution in [-0.4, -0.2) is 7.85 Å². The minimum atomic E-state index is 0.142. The van der Waals surface area contributed by atoms with Crippen molar-refractivity contribution in [1.29, 1.82) is 0 Å². The van der Waals surface area contributed by atoms with Gasteiger partial charge in [0.15, 0.2) is 0 Å². The van der Waals surface area contributed by atoms with Gasteiger partial charge in [0.2, 0.25) is 0 Å². The Morgan fingerprint density at radius 2 is 1.50 bits per heavy atom. The molecule has 0 spiro atoms. The molecular formula is C11H15B. The van der Waals surface area contributed by atoms with Crippen molar-refractivity contribution in [3.05, 3.63) is 35.4 Å². The summed E-state index contributed by atoms with van der Waals surface area (Å²) in [4.78, 5) is 0. The van der Waals surface area contributed by atoms with Gasteiger partial charge in [-0.25, -0.2) is 0 Å². The van der Waals surface area contributed by atoms with Gasteiger partial charge in [0.05, 0.1) is 7.85 Å². The molecule has 0 bridgehead atoms. The quantitative estimate of drug-likeness (QED) is 0.580. The Hall–Kier alpha value is -0.715. The van der Waals surface area contributed by atoms with Crippen LogP contribution in [0, 0.1) is 0 Å². The van der Waals surface area contributed by atoms with Crippen LogP contribution in [-0.2, 0) is 0 Å². The third-order valence-electron chi connectivity index (χ3n) is 2.11. The van der Waals surface area contributed by atoms with E-state index in [4.69, 9.17) is 7.85 Å². The lowest BCUT2D eigenvalue weighted by Crippen LogP contribution is -1.99. The Balaban J connectivity index is 3.09. The van der Waals surface area contributed by atoms with Gasteiger partial charge >= 0.3 is 0 Å². The zero-order chi connectivity index (χ0) is 9.14. The molecule has 0 saturated heterocycles. The summed E-state index contributed by atoms with van der Waals surface area (Å²) >= 11 is 0. The molecule has 0 aliphatic heterocycles. The van der Waals surface area contributed by atoms with Crippen LogP contribution in [0.25, 0.3) is 0 Å². The molecule has 0 nitrogen and oxygen atoms in total.